The number of nitrogens with zero attached hydrogens (tertiary/aromatic N) is 3. The maximum absolute atomic E-state index is 14.4. The highest BCUT2D eigenvalue weighted by Gasteiger charge is 2.59. The van der Waals surface area contributed by atoms with Crippen LogP contribution in [0.3, 0.4) is 0 Å². The molecule has 2 heterocycles. The summed E-state index contributed by atoms with van der Waals surface area (Å²) < 4.78 is 58.9. The van der Waals surface area contributed by atoms with Crippen molar-refractivity contribution in [2.24, 2.45) is 7.05 Å². The Kier molecular flexibility index (Phi) is 6.60. The molecule has 0 spiro atoms. The first-order valence-corrected chi connectivity index (χ1v) is 10.8. The molecule has 0 radical (unpaired) electrons. The number of alkyl halides is 3. The number of oxazole rings is 1. The van der Waals surface area contributed by atoms with Gasteiger partial charge in [0.2, 0.25) is 0 Å². The van der Waals surface area contributed by atoms with E-state index in [0.29, 0.717) is 0 Å². The molecule has 2 atom stereocenters. The molecule has 0 saturated heterocycles. The lowest BCUT2D eigenvalue weighted by Gasteiger charge is -2.37. The minimum Gasteiger partial charge on any atom is -0.449 e. The molecule has 10 nitrogen and oxygen atoms in total. The molecular weight excluding hydrogens is 523 g/mol. The number of hydrogen-bond donors (Lipinski definition) is 2. The van der Waals surface area contributed by atoms with Gasteiger partial charge in [0.25, 0.3) is 0 Å². The molecule has 0 bridgehead atoms. The van der Waals surface area contributed by atoms with Crippen LogP contribution in [0.1, 0.15) is 24.0 Å². The van der Waals surface area contributed by atoms with E-state index in [-0.39, 0.29) is 39.2 Å². The standard InChI is InChI=1S/C23H17ClF3N3O7/c1-11(22(34,23(25,26)27)12-3-6-18-17(7-12)30(2)20(31)37-18)15-5-4-13(8-16(15)24)35-19-28-9-14(10-29-19)36-21(32)33/h3-11,34H,1-2H3,(H,32,33). The Morgan fingerprint density at radius 3 is 2.41 bits per heavy atom. The maximum atomic E-state index is 14.4. The first kappa shape index (κ1) is 26.0. The number of ether oxygens (including phenoxy) is 2. The number of fused-ring (bicyclic) bond motifs is 1. The van der Waals surface area contributed by atoms with Gasteiger partial charge in [-0.25, -0.2) is 9.59 Å². The fourth-order valence-electron chi connectivity index (χ4n) is 3.79. The Bertz CT molecular complexity index is 1540. The first-order chi connectivity index (χ1) is 17.3. The van der Waals surface area contributed by atoms with Gasteiger partial charge in [0.05, 0.1) is 17.9 Å². The van der Waals surface area contributed by atoms with Gasteiger partial charge in [-0.2, -0.15) is 23.1 Å². The van der Waals surface area contributed by atoms with Gasteiger partial charge < -0.3 is 24.1 Å². The molecule has 0 fully saturated rings. The topological polar surface area (TPSA) is 137 Å². The minimum atomic E-state index is -5.13. The molecule has 4 rings (SSSR count). The molecule has 2 N–H and O–H groups in total. The second kappa shape index (κ2) is 9.41. The number of carbonyl (C=O) groups is 1. The Hall–Kier alpha value is -4.10. The minimum absolute atomic E-state index is 0.0406. The zero-order valence-electron chi connectivity index (χ0n) is 19.0. The molecule has 0 saturated carbocycles. The smallest absolute Gasteiger partial charge is 0.449 e. The van der Waals surface area contributed by atoms with Gasteiger partial charge in [-0.3, -0.25) is 4.57 Å². The van der Waals surface area contributed by atoms with E-state index in [1.54, 1.807) is 0 Å². The van der Waals surface area contributed by atoms with E-state index in [1.807, 2.05) is 0 Å². The van der Waals surface area contributed by atoms with Gasteiger partial charge in [-0.05, 0) is 35.4 Å². The van der Waals surface area contributed by atoms with E-state index in [0.717, 1.165) is 36.0 Å². The van der Waals surface area contributed by atoms with Crippen LogP contribution < -0.4 is 15.2 Å². The Morgan fingerprint density at radius 2 is 1.81 bits per heavy atom. The second-order valence-corrected chi connectivity index (χ2v) is 8.36. The second-order valence-electron chi connectivity index (χ2n) is 7.95. The Labute approximate surface area is 210 Å². The normalized spacial score (nSPS) is 14.2. The van der Waals surface area contributed by atoms with Crippen molar-refractivity contribution in [3.63, 3.8) is 0 Å². The van der Waals surface area contributed by atoms with Gasteiger partial charge in [0.15, 0.2) is 16.9 Å². The summed E-state index contributed by atoms with van der Waals surface area (Å²) in [6.07, 6.45) is -4.59. The van der Waals surface area contributed by atoms with Crippen molar-refractivity contribution < 1.29 is 42.1 Å². The maximum Gasteiger partial charge on any atom is 0.511 e. The van der Waals surface area contributed by atoms with Crippen molar-refractivity contribution in [3.8, 4) is 17.5 Å². The van der Waals surface area contributed by atoms with Crippen LogP contribution in [0.5, 0.6) is 17.5 Å². The summed E-state index contributed by atoms with van der Waals surface area (Å²) in [5.74, 6) is -2.44. The molecular formula is C23H17ClF3N3O7. The van der Waals surface area contributed by atoms with Gasteiger partial charge in [0.1, 0.15) is 5.75 Å². The number of benzene rings is 2. The Balaban J connectivity index is 1.67. The molecule has 37 heavy (non-hydrogen) atoms. The molecule has 194 valence electrons. The predicted molar refractivity (Wildman–Crippen MR) is 122 cm³/mol. The van der Waals surface area contributed by atoms with Gasteiger partial charge in [-0.1, -0.05) is 30.7 Å². The number of aryl methyl sites for hydroxylation is 1. The average molecular weight is 540 g/mol. The fraction of sp³-hybridized carbons (Fsp3) is 0.217. The van der Waals surface area contributed by atoms with E-state index < -0.39 is 35.2 Å². The number of rotatable bonds is 6. The van der Waals surface area contributed by atoms with Crippen molar-refractivity contribution in [1.29, 1.82) is 0 Å². The van der Waals surface area contributed by atoms with Gasteiger partial charge in [0, 0.05) is 18.0 Å². The summed E-state index contributed by atoms with van der Waals surface area (Å²) in [5.41, 5.74) is -3.79. The highest BCUT2D eigenvalue weighted by molar-refractivity contribution is 6.31. The number of carboxylic acid groups (broad SMARTS) is 1. The molecule has 2 aromatic carbocycles. The molecule has 2 aromatic heterocycles. The van der Waals surface area contributed by atoms with Crippen molar-refractivity contribution in [3.05, 3.63) is 75.5 Å². The molecule has 4 aromatic rings. The summed E-state index contributed by atoms with van der Waals surface area (Å²) >= 11 is 6.30. The molecule has 0 aliphatic carbocycles. The van der Waals surface area contributed by atoms with Crippen LogP contribution in [0, 0.1) is 0 Å². The average Bonchev–Trinajstić information content (AvgIpc) is 3.11. The number of aromatic nitrogens is 3. The summed E-state index contributed by atoms with van der Waals surface area (Å²) in [5, 5.41) is 19.5. The van der Waals surface area contributed by atoms with Crippen molar-refractivity contribution in [2.75, 3.05) is 0 Å². The number of aliphatic hydroxyl groups is 1. The summed E-state index contributed by atoms with van der Waals surface area (Å²) in [6, 6.07) is 6.84. The first-order valence-electron chi connectivity index (χ1n) is 10.4. The predicted octanol–water partition coefficient (Wildman–Crippen LogP) is 4.98. The number of hydrogen-bond acceptors (Lipinski definition) is 8. The highest BCUT2D eigenvalue weighted by atomic mass is 35.5. The quantitative estimate of drug-likeness (QED) is 0.325. The van der Waals surface area contributed by atoms with Crippen LogP contribution in [0.25, 0.3) is 11.1 Å². The molecule has 0 aliphatic heterocycles. The molecule has 14 heteroatoms. The van der Waals surface area contributed by atoms with E-state index in [2.05, 4.69) is 14.7 Å². The van der Waals surface area contributed by atoms with Crippen LogP contribution >= 0.6 is 11.6 Å². The van der Waals surface area contributed by atoms with Crippen LogP contribution in [-0.2, 0) is 12.6 Å². The van der Waals surface area contributed by atoms with E-state index in [4.69, 9.17) is 25.9 Å². The number of halogens is 4. The van der Waals surface area contributed by atoms with Gasteiger partial charge >= 0.3 is 24.1 Å². The third-order valence-corrected chi connectivity index (χ3v) is 6.07. The van der Waals surface area contributed by atoms with E-state index in [1.165, 1.54) is 31.3 Å². The zero-order valence-corrected chi connectivity index (χ0v) is 19.7. The van der Waals surface area contributed by atoms with Crippen molar-refractivity contribution >= 4 is 28.9 Å². The monoisotopic (exact) mass is 539 g/mol. The summed E-state index contributed by atoms with van der Waals surface area (Å²) in [6.45, 7) is 1.16. The van der Waals surface area contributed by atoms with E-state index in [9.17, 15) is 27.9 Å². The third-order valence-electron chi connectivity index (χ3n) is 5.75. The van der Waals surface area contributed by atoms with Crippen LogP contribution in [0.2, 0.25) is 5.02 Å². The van der Waals surface area contributed by atoms with Crippen LogP contribution in [0.15, 0.2) is 58.0 Å². The molecule has 2 unspecified atom stereocenters. The molecule has 0 amide bonds. The summed E-state index contributed by atoms with van der Waals surface area (Å²) in [7, 11) is 1.33. The highest BCUT2D eigenvalue weighted by Crippen LogP contribution is 2.50. The van der Waals surface area contributed by atoms with Crippen molar-refractivity contribution in [1.82, 2.24) is 14.5 Å². The van der Waals surface area contributed by atoms with E-state index >= 15 is 0 Å². The van der Waals surface area contributed by atoms with Crippen LogP contribution in [0.4, 0.5) is 18.0 Å². The summed E-state index contributed by atoms with van der Waals surface area (Å²) in [4.78, 5) is 29.8. The SMILES string of the molecule is CC(c1ccc(Oc2ncc(OC(=O)O)cn2)cc1Cl)C(O)(c1ccc2oc(=O)n(C)c2c1)C(F)(F)F. The van der Waals surface area contributed by atoms with Crippen LogP contribution in [-0.4, -0.2) is 37.1 Å². The van der Waals surface area contributed by atoms with Gasteiger partial charge in [-0.15, -0.1) is 0 Å². The Morgan fingerprint density at radius 1 is 1.14 bits per heavy atom. The zero-order chi connectivity index (χ0) is 27.1. The largest absolute Gasteiger partial charge is 0.511 e. The third kappa shape index (κ3) is 4.82. The van der Waals surface area contributed by atoms with Crippen molar-refractivity contribution in [2.45, 2.75) is 24.6 Å². The molecule has 0 aliphatic rings. The lowest BCUT2D eigenvalue weighted by Crippen LogP contribution is -2.46. The fourth-order valence-corrected chi connectivity index (χ4v) is 4.12. The lowest BCUT2D eigenvalue weighted by molar-refractivity contribution is -0.274. The lowest BCUT2D eigenvalue weighted by atomic mass is 9.77.